The number of carbonyl (C=O) groups excluding carboxylic acids is 1. The Hall–Kier alpha value is -1.55. The van der Waals surface area contributed by atoms with Gasteiger partial charge in [0.2, 0.25) is 5.91 Å². The van der Waals surface area contributed by atoms with Crippen molar-refractivity contribution < 1.29 is 9.90 Å². The smallest absolute Gasteiger partial charge is 0.228 e. The molecule has 4 heteroatoms. The standard InChI is InChI=1S/C24H32N2O2/c27-20-4-1-3-18-19(20)12-24(5-2-6-25-13-24)21(18)23(28)26-22-16-8-14-7-15(10-16)11-17(22)9-14/h1,3-4,14-17,21-22,25,27H,2,5-13H2,(H,26,28)/t14?,15?,16?,17?,21-,22?,24?/m0/s1. The van der Waals surface area contributed by atoms with E-state index in [0.717, 1.165) is 55.3 Å². The molecule has 1 saturated heterocycles. The maximum atomic E-state index is 13.8. The predicted octanol–water partition coefficient (Wildman–Crippen LogP) is 3.34. The van der Waals surface area contributed by atoms with E-state index in [4.69, 9.17) is 0 Å². The van der Waals surface area contributed by atoms with Crippen LogP contribution in [0.25, 0.3) is 0 Å². The number of fused-ring (bicyclic) bond motifs is 1. The minimum Gasteiger partial charge on any atom is -0.508 e. The van der Waals surface area contributed by atoms with Gasteiger partial charge in [-0.3, -0.25) is 4.79 Å². The highest BCUT2D eigenvalue weighted by atomic mass is 16.3. The Labute approximate surface area is 167 Å². The second-order valence-corrected chi connectivity index (χ2v) is 10.6. The highest BCUT2D eigenvalue weighted by molar-refractivity contribution is 5.87. The molecule has 0 aromatic heterocycles. The van der Waals surface area contributed by atoms with Gasteiger partial charge in [-0.15, -0.1) is 0 Å². The van der Waals surface area contributed by atoms with Gasteiger partial charge in [0.25, 0.3) is 0 Å². The molecular formula is C24H32N2O2. The van der Waals surface area contributed by atoms with Crippen LogP contribution in [0.2, 0.25) is 0 Å². The number of rotatable bonds is 2. The average molecular weight is 381 g/mol. The van der Waals surface area contributed by atoms with Crippen molar-refractivity contribution in [3.8, 4) is 5.75 Å². The Kier molecular flexibility index (Phi) is 3.85. The van der Waals surface area contributed by atoms with Crippen molar-refractivity contribution in [3.05, 3.63) is 29.3 Å². The molecule has 0 radical (unpaired) electrons. The van der Waals surface area contributed by atoms with E-state index in [2.05, 4.69) is 16.7 Å². The highest BCUT2D eigenvalue weighted by Crippen LogP contribution is 2.55. The average Bonchev–Trinajstić information content (AvgIpc) is 2.99. The van der Waals surface area contributed by atoms with E-state index >= 15 is 0 Å². The van der Waals surface area contributed by atoms with Crippen molar-refractivity contribution in [2.24, 2.45) is 29.1 Å². The fraction of sp³-hybridized carbons (Fsp3) is 0.708. The summed E-state index contributed by atoms with van der Waals surface area (Å²) < 4.78 is 0. The molecule has 1 unspecified atom stereocenters. The molecule has 5 aliphatic carbocycles. The number of hydrogen-bond acceptors (Lipinski definition) is 3. The van der Waals surface area contributed by atoms with Crippen LogP contribution in [-0.2, 0) is 11.2 Å². The largest absolute Gasteiger partial charge is 0.508 e. The van der Waals surface area contributed by atoms with Gasteiger partial charge in [-0.1, -0.05) is 12.1 Å². The molecule has 4 saturated carbocycles. The molecule has 7 rings (SSSR count). The van der Waals surface area contributed by atoms with Gasteiger partial charge in [0.1, 0.15) is 5.75 Å². The summed E-state index contributed by atoms with van der Waals surface area (Å²) in [6, 6.07) is 6.16. The van der Waals surface area contributed by atoms with Gasteiger partial charge in [-0.25, -0.2) is 0 Å². The van der Waals surface area contributed by atoms with Gasteiger partial charge in [0, 0.05) is 18.0 Å². The van der Waals surface area contributed by atoms with E-state index in [9.17, 15) is 9.90 Å². The molecule has 1 amide bonds. The molecule has 2 atom stereocenters. The summed E-state index contributed by atoms with van der Waals surface area (Å²) in [6.45, 7) is 1.91. The summed E-state index contributed by atoms with van der Waals surface area (Å²) >= 11 is 0. The molecule has 1 spiro atoms. The number of phenolic OH excluding ortho intramolecular Hbond substituents is 1. The third kappa shape index (κ3) is 2.49. The molecule has 1 aromatic rings. The van der Waals surface area contributed by atoms with Crippen molar-refractivity contribution in [1.29, 1.82) is 0 Å². The first-order valence-corrected chi connectivity index (χ1v) is 11.4. The van der Waals surface area contributed by atoms with Crippen LogP contribution in [0.4, 0.5) is 0 Å². The van der Waals surface area contributed by atoms with Crippen LogP contribution < -0.4 is 10.6 Å². The van der Waals surface area contributed by atoms with Crippen LogP contribution in [0.5, 0.6) is 5.75 Å². The van der Waals surface area contributed by atoms with Crippen LogP contribution in [0.3, 0.4) is 0 Å². The summed E-state index contributed by atoms with van der Waals surface area (Å²) in [5.41, 5.74) is 2.01. The molecular weight excluding hydrogens is 348 g/mol. The Bertz CT molecular complexity index is 770. The normalized spacial score (nSPS) is 43.3. The van der Waals surface area contributed by atoms with E-state index in [-0.39, 0.29) is 17.2 Å². The summed E-state index contributed by atoms with van der Waals surface area (Å²) in [5, 5.41) is 17.6. The minimum absolute atomic E-state index is 0.0740. The molecule has 4 bridgehead atoms. The summed E-state index contributed by atoms with van der Waals surface area (Å²) in [7, 11) is 0. The quantitative estimate of drug-likeness (QED) is 0.737. The molecule has 6 aliphatic rings. The molecule has 150 valence electrons. The Morgan fingerprint density at radius 3 is 2.54 bits per heavy atom. The zero-order valence-electron chi connectivity index (χ0n) is 16.6. The lowest BCUT2D eigenvalue weighted by Crippen LogP contribution is -2.57. The number of amides is 1. The summed E-state index contributed by atoms with van der Waals surface area (Å²) in [4.78, 5) is 13.8. The molecule has 1 aliphatic heterocycles. The first-order chi connectivity index (χ1) is 13.6. The molecule has 5 fully saturated rings. The second-order valence-electron chi connectivity index (χ2n) is 10.6. The summed E-state index contributed by atoms with van der Waals surface area (Å²) in [6.07, 6.45) is 9.74. The number of piperidine rings is 1. The maximum Gasteiger partial charge on any atom is 0.228 e. The first-order valence-electron chi connectivity index (χ1n) is 11.4. The van der Waals surface area contributed by atoms with E-state index < -0.39 is 0 Å². The molecule has 3 N–H and O–H groups in total. The van der Waals surface area contributed by atoms with Crippen molar-refractivity contribution in [3.63, 3.8) is 0 Å². The lowest BCUT2D eigenvalue weighted by atomic mass is 9.54. The number of phenols is 1. The van der Waals surface area contributed by atoms with Crippen molar-refractivity contribution in [2.45, 2.75) is 63.3 Å². The van der Waals surface area contributed by atoms with Gasteiger partial charge in [-0.2, -0.15) is 0 Å². The molecule has 4 nitrogen and oxygen atoms in total. The fourth-order valence-electron chi connectivity index (χ4n) is 8.06. The van der Waals surface area contributed by atoms with E-state index in [1.807, 2.05) is 6.07 Å². The third-order valence-corrected chi connectivity index (χ3v) is 8.94. The molecule has 1 heterocycles. The SMILES string of the molecule is O=C(NC1C2CC3CC(C2)CC1C3)[C@@H]1c2cccc(O)c2CC12CCCNC2. The van der Waals surface area contributed by atoms with E-state index in [0.29, 0.717) is 23.6 Å². The fourth-order valence-corrected chi connectivity index (χ4v) is 8.06. The lowest BCUT2D eigenvalue weighted by molar-refractivity contribution is -0.129. The van der Waals surface area contributed by atoms with Crippen molar-refractivity contribution in [1.82, 2.24) is 10.6 Å². The third-order valence-electron chi connectivity index (χ3n) is 8.94. The summed E-state index contributed by atoms with van der Waals surface area (Å²) in [5.74, 6) is 3.72. The maximum absolute atomic E-state index is 13.8. The Morgan fingerprint density at radius 1 is 1.11 bits per heavy atom. The van der Waals surface area contributed by atoms with E-state index in [1.54, 1.807) is 6.07 Å². The topological polar surface area (TPSA) is 61.4 Å². The Morgan fingerprint density at radius 2 is 1.86 bits per heavy atom. The highest BCUT2D eigenvalue weighted by Gasteiger charge is 2.53. The van der Waals surface area contributed by atoms with Gasteiger partial charge in [-0.05, 0) is 98.8 Å². The van der Waals surface area contributed by atoms with E-state index in [1.165, 1.54) is 32.1 Å². The number of benzene rings is 1. The zero-order chi connectivity index (χ0) is 18.9. The second kappa shape index (κ2) is 6.22. The number of hydrogen-bond donors (Lipinski definition) is 3. The van der Waals surface area contributed by atoms with Gasteiger partial charge < -0.3 is 15.7 Å². The van der Waals surface area contributed by atoms with Crippen molar-refractivity contribution in [2.75, 3.05) is 13.1 Å². The molecule has 1 aromatic carbocycles. The van der Waals surface area contributed by atoms with Crippen LogP contribution >= 0.6 is 0 Å². The van der Waals surface area contributed by atoms with Crippen LogP contribution in [0.15, 0.2) is 18.2 Å². The number of aromatic hydroxyl groups is 1. The van der Waals surface area contributed by atoms with Crippen molar-refractivity contribution >= 4 is 5.91 Å². The van der Waals surface area contributed by atoms with Gasteiger partial charge in [0.15, 0.2) is 0 Å². The van der Waals surface area contributed by atoms with Gasteiger partial charge >= 0.3 is 0 Å². The van der Waals surface area contributed by atoms with Crippen LogP contribution in [0, 0.1) is 29.1 Å². The number of carbonyl (C=O) groups is 1. The van der Waals surface area contributed by atoms with Gasteiger partial charge in [0.05, 0.1) is 5.92 Å². The first kappa shape index (κ1) is 17.3. The minimum atomic E-state index is -0.125. The predicted molar refractivity (Wildman–Crippen MR) is 108 cm³/mol. The number of nitrogens with one attached hydrogen (secondary N) is 2. The monoisotopic (exact) mass is 380 g/mol. The Balaban J connectivity index is 1.31. The lowest BCUT2D eigenvalue weighted by Gasteiger charge is -2.54. The van der Waals surface area contributed by atoms with Crippen LogP contribution in [-0.4, -0.2) is 30.1 Å². The zero-order valence-corrected chi connectivity index (χ0v) is 16.6. The van der Waals surface area contributed by atoms with Crippen LogP contribution in [0.1, 0.15) is 62.0 Å². The molecule has 28 heavy (non-hydrogen) atoms.